The number of pyridine rings is 1. The number of ether oxygens (including phenoxy) is 2. The number of aliphatic hydroxyl groups is 1. The number of fused-ring (bicyclic) bond motifs is 1. The summed E-state index contributed by atoms with van der Waals surface area (Å²) < 4.78 is 11.3. The van der Waals surface area contributed by atoms with Crippen LogP contribution in [-0.4, -0.2) is 37.1 Å². The number of para-hydroxylation sites is 2. The van der Waals surface area contributed by atoms with Gasteiger partial charge in [-0.3, -0.25) is 0 Å². The molecule has 0 amide bonds. The van der Waals surface area contributed by atoms with Crippen LogP contribution in [0.2, 0.25) is 0 Å². The molecule has 0 spiro atoms. The van der Waals surface area contributed by atoms with Crippen molar-refractivity contribution in [3.05, 3.63) is 90.6 Å². The molecule has 5 rings (SSSR count). The highest BCUT2D eigenvalue weighted by molar-refractivity contribution is 5.75. The molecule has 8 heteroatoms. The maximum atomic E-state index is 10.7. The molecule has 0 bridgehead atoms. The molecular weight excluding hydrogens is 406 g/mol. The van der Waals surface area contributed by atoms with Gasteiger partial charge in [-0.15, -0.1) is 0 Å². The van der Waals surface area contributed by atoms with Gasteiger partial charge in [0.25, 0.3) is 0 Å². The third-order valence-corrected chi connectivity index (χ3v) is 4.96. The Hall–Kier alpha value is -4.30. The van der Waals surface area contributed by atoms with Gasteiger partial charge in [-0.05, 0) is 42.0 Å². The molecule has 32 heavy (non-hydrogen) atoms. The summed E-state index contributed by atoms with van der Waals surface area (Å²) in [4.78, 5) is 20.6. The van der Waals surface area contributed by atoms with E-state index < -0.39 is 6.10 Å². The molecule has 0 aliphatic carbocycles. The Balaban J connectivity index is 1.40. The van der Waals surface area contributed by atoms with Crippen LogP contribution in [0.4, 0.5) is 0 Å². The van der Waals surface area contributed by atoms with Crippen LogP contribution in [0.5, 0.6) is 17.5 Å². The highest BCUT2D eigenvalue weighted by Gasteiger charge is 2.17. The van der Waals surface area contributed by atoms with Crippen LogP contribution in [0, 0.1) is 0 Å². The third-order valence-electron chi connectivity index (χ3n) is 4.96. The SMILES string of the molecule is COc1ncccc1-c1nccnc1Oc1ccc([C@H](O)c2nc3ccccc3[nH]2)cc1. The number of hydrogen-bond acceptors (Lipinski definition) is 7. The fourth-order valence-corrected chi connectivity index (χ4v) is 3.41. The first kappa shape index (κ1) is 19.7. The van der Waals surface area contributed by atoms with Gasteiger partial charge in [-0.1, -0.05) is 24.3 Å². The highest BCUT2D eigenvalue weighted by Crippen LogP contribution is 2.34. The molecular formula is C24H19N5O3. The minimum Gasteiger partial charge on any atom is -0.481 e. The Bertz CT molecular complexity index is 1330. The first-order chi connectivity index (χ1) is 15.7. The topological polar surface area (TPSA) is 106 Å². The molecule has 0 saturated carbocycles. The van der Waals surface area contributed by atoms with Crippen LogP contribution in [0.3, 0.4) is 0 Å². The van der Waals surface area contributed by atoms with Gasteiger partial charge in [-0.2, -0.15) is 0 Å². The molecule has 2 N–H and O–H groups in total. The van der Waals surface area contributed by atoms with E-state index in [0.29, 0.717) is 40.2 Å². The highest BCUT2D eigenvalue weighted by atomic mass is 16.5. The van der Waals surface area contributed by atoms with Gasteiger partial charge in [0, 0.05) is 18.6 Å². The zero-order valence-corrected chi connectivity index (χ0v) is 17.1. The van der Waals surface area contributed by atoms with Crippen molar-refractivity contribution in [2.45, 2.75) is 6.10 Å². The summed E-state index contributed by atoms with van der Waals surface area (Å²) in [5, 5.41) is 10.7. The summed E-state index contributed by atoms with van der Waals surface area (Å²) >= 11 is 0. The average molecular weight is 425 g/mol. The van der Waals surface area contributed by atoms with Crippen molar-refractivity contribution in [3.63, 3.8) is 0 Å². The van der Waals surface area contributed by atoms with Crippen molar-refractivity contribution in [2.75, 3.05) is 7.11 Å². The van der Waals surface area contributed by atoms with Crippen LogP contribution < -0.4 is 9.47 Å². The molecule has 0 radical (unpaired) electrons. The first-order valence-corrected chi connectivity index (χ1v) is 9.94. The van der Waals surface area contributed by atoms with E-state index in [-0.39, 0.29) is 0 Å². The van der Waals surface area contributed by atoms with Crippen LogP contribution in [-0.2, 0) is 0 Å². The van der Waals surface area contributed by atoms with Crippen molar-refractivity contribution < 1.29 is 14.6 Å². The molecule has 0 aliphatic rings. The Morgan fingerprint density at radius 2 is 1.62 bits per heavy atom. The smallest absolute Gasteiger partial charge is 0.246 e. The van der Waals surface area contributed by atoms with Crippen molar-refractivity contribution in [1.82, 2.24) is 24.9 Å². The van der Waals surface area contributed by atoms with Crippen molar-refractivity contribution in [2.24, 2.45) is 0 Å². The molecule has 3 aromatic heterocycles. The molecule has 3 heterocycles. The van der Waals surface area contributed by atoms with E-state index in [9.17, 15) is 5.11 Å². The Labute approximate surface area is 183 Å². The van der Waals surface area contributed by atoms with Gasteiger partial charge < -0.3 is 19.6 Å². The van der Waals surface area contributed by atoms with E-state index in [0.717, 1.165) is 11.0 Å². The fourth-order valence-electron chi connectivity index (χ4n) is 3.41. The van der Waals surface area contributed by atoms with E-state index in [1.165, 1.54) is 0 Å². The molecule has 8 nitrogen and oxygen atoms in total. The van der Waals surface area contributed by atoms with Gasteiger partial charge in [-0.25, -0.2) is 19.9 Å². The number of rotatable bonds is 6. The van der Waals surface area contributed by atoms with Crippen LogP contribution in [0.15, 0.2) is 79.3 Å². The molecule has 0 aliphatic heterocycles. The monoisotopic (exact) mass is 425 g/mol. The van der Waals surface area contributed by atoms with Crippen molar-refractivity contribution >= 4 is 11.0 Å². The fraction of sp³-hybridized carbons (Fsp3) is 0.0833. The summed E-state index contributed by atoms with van der Waals surface area (Å²) in [6, 6.07) is 18.4. The standard InChI is InChI=1S/C24H19N5O3/c1-31-23-17(5-4-12-26-23)20-24(27-14-13-25-20)32-16-10-8-15(9-11-16)21(30)22-28-18-6-2-3-7-19(18)29-22/h2-14,21,30H,1H3,(H,28,29)/t21-/m0/s1. The van der Waals surface area contributed by atoms with E-state index in [1.807, 2.05) is 30.3 Å². The predicted molar refractivity (Wildman–Crippen MR) is 118 cm³/mol. The van der Waals surface area contributed by atoms with Gasteiger partial charge in [0.2, 0.25) is 11.8 Å². The van der Waals surface area contributed by atoms with Gasteiger partial charge >= 0.3 is 0 Å². The summed E-state index contributed by atoms with van der Waals surface area (Å²) in [5.41, 5.74) is 3.56. The van der Waals surface area contributed by atoms with E-state index in [1.54, 1.807) is 56.0 Å². The molecule has 5 aromatic rings. The second kappa shape index (κ2) is 8.44. The zero-order valence-electron chi connectivity index (χ0n) is 17.1. The molecule has 0 unspecified atom stereocenters. The Kier molecular flexibility index (Phi) is 5.19. The van der Waals surface area contributed by atoms with Crippen molar-refractivity contribution in [3.8, 4) is 28.8 Å². The van der Waals surface area contributed by atoms with Crippen LogP contribution in [0.25, 0.3) is 22.3 Å². The Morgan fingerprint density at radius 3 is 2.44 bits per heavy atom. The lowest BCUT2D eigenvalue weighted by Gasteiger charge is -2.12. The molecule has 158 valence electrons. The maximum Gasteiger partial charge on any atom is 0.246 e. The second-order valence-corrected chi connectivity index (χ2v) is 6.98. The largest absolute Gasteiger partial charge is 0.481 e. The lowest BCUT2D eigenvalue weighted by molar-refractivity contribution is 0.211. The number of aromatic amines is 1. The van der Waals surface area contributed by atoms with Gasteiger partial charge in [0.05, 0.1) is 23.7 Å². The number of nitrogens with zero attached hydrogens (tertiary/aromatic N) is 4. The van der Waals surface area contributed by atoms with Crippen molar-refractivity contribution in [1.29, 1.82) is 0 Å². The summed E-state index contributed by atoms with van der Waals surface area (Å²) in [5.74, 6) is 1.79. The number of aromatic nitrogens is 5. The molecule has 0 fully saturated rings. The Morgan fingerprint density at radius 1 is 0.844 bits per heavy atom. The number of H-pyrrole nitrogens is 1. The van der Waals surface area contributed by atoms with Crippen LogP contribution in [0.1, 0.15) is 17.5 Å². The van der Waals surface area contributed by atoms with Crippen LogP contribution >= 0.6 is 0 Å². The molecule has 0 saturated heterocycles. The summed E-state index contributed by atoms with van der Waals surface area (Å²) in [6.07, 6.45) is 3.90. The lowest BCUT2D eigenvalue weighted by Crippen LogP contribution is -2.02. The number of aliphatic hydroxyl groups excluding tert-OH is 1. The summed E-state index contributed by atoms with van der Waals surface area (Å²) in [6.45, 7) is 0. The number of imidazole rings is 1. The van der Waals surface area contributed by atoms with Gasteiger partial charge in [0.1, 0.15) is 23.4 Å². The van der Waals surface area contributed by atoms with Gasteiger partial charge in [0.15, 0.2) is 0 Å². The number of benzene rings is 2. The minimum absolute atomic E-state index is 0.324. The first-order valence-electron chi connectivity index (χ1n) is 9.94. The normalized spacial score (nSPS) is 11.9. The quantitative estimate of drug-likeness (QED) is 0.418. The van der Waals surface area contributed by atoms with E-state index in [4.69, 9.17) is 9.47 Å². The summed E-state index contributed by atoms with van der Waals surface area (Å²) in [7, 11) is 1.55. The zero-order chi connectivity index (χ0) is 21.9. The number of hydrogen-bond donors (Lipinski definition) is 2. The number of methoxy groups -OCH3 is 1. The number of nitrogens with one attached hydrogen (secondary N) is 1. The van der Waals surface area contributed by atoms with E-state index >= 15 is 0 Å². The molecule has 1 atom stereocenters. The third kappa shape index (κ3) is 3.75. The second-order valence-electron chi connectivity index (χ2n) is 6.98. The lowest BCUT2D eigenvalue weighted by atomic mass is 10.1. The minimum atomic E-state index is -0.886. The average Bonchev–Trinajstić information content (AvgIpc) is 3.29. The van der Waals surface area contributed by atoms with E-state index in [2.05, 4.69) is 24.9 Å². The maximum absolute atomic E-state index is 10.7. The predicted octanol–water partition coefficient (Wildman–Crippen LogP) is 4.30. The molecule has 2 aromatic carbocycles.